The number of allylic oxidation sites excluding steroid dienone is 1. The third-order valence-corrected chi connectivity index (χ3v) is 4.35. The normalized spacial score (nSPS) is 16.2. The number of rotatable bonds is 5. The molecule has 0 saturated heterocycles. The Morgan fingerprint density at radius 2 is 1.64 bits per heavy atom. The Labute approximate surface area is 159 Å². The van der Waals surface area contributed by atoms with Crippen LogP contribution in [0.1, 0.15) is 31.0 Å². The molecule has 1 atom stereocenters. The first kappa shape index (κ1) is 18.9. The Hall–Kier alpha value is -3.88. The monoisotopic (exact) mass is 380 g/mol. The molecular weight excluding hydrogens is 364 g/mol. The molecule has 9 heteroatoms. The molecule has 1 aliphatic rings. The van der Waals surface area contributed by atoms with Gasteiger partial charge in [-0.2, -0.15) is 0 Å². The van der Waals surface area contributed by atoms with Crippen molar-refractivity contribution in [1.82, 2.24) is 5.32 Å². The van der Waals surface area contributed by atoms with E-state index >= 15 is 0 Å². The lowest BCUT2D eigenvalue weighted by atomic mass is 9.92. The van der Waals surface area contributed by atoms with Gasteiger partial charge in [0.05, 0.1) is 9.85 Å². The second kappa shape index (κ2) is 7.39. The summed E-state index contributed by atoms with van der Waals surface area (Å²) in [7, 11) is 0. The van der Waals surface area contributed by atoms with Gasteiger partial charge in [0.25, 0.3) is 11.4 Å². The van der Waals surface area contributed by atoms with Crippen molar-refractivity contribution >= 4 is 23.0 Å². The second-order valence-electron chi connectivity index (χ2n) is 6.26. The lowest BCUT2D eigenvalue weighted by Crippen LogP contribution is -2.31. The summed E-state index contributed by atoms with van der Waals surface area (Å²) in [4.78, 5) is 37.9. The van der Waals surface area contributed by atoms with E-state index in [1.807, 2.05) is 0 Å². The molecule has 1 unspecified atom stereocenters. The number of carbonyl (C=O) groups is 1. The molecule has 3 rings (SSSR count). The number of nitro benzene ring substituents is 2. The van der Waals surface area contributed by atoms with Crippen LogP contribution in [0, 0.1) is 20.2 Å². The summed E-state index contributed by atoms with van der Waals surface area (Å²) in [6.45, 7) is 3.10. The average molecular weight is 380 g/mol. The van der Waals surface area contributed by atoms with Crippen LogP contribution in [0.2, 0.25) is 0 Å². The fourth-order valence-electron chi connectivity index (χ4n) is 3.10. The SMILES string of the molecule is CC(=O)C1=C(C)NC(c2cccc([N+](=O)[O-])c2)=NC1c1cccc([N+](=O)[O-])c1. The lowest BCUT2D eigenvalue weighted by Gasteiger charge is -2.26. The van der Waals surface area contributed by atoms with Gasteiger partial charge < -0.3 is 5.32 Å². The third kappa shape index (κ3) is 3.63. The van der Waals surface area contributed by atoms with Crippen LogP contribution in [0.15, 0.2) is 64.8 Å². The maximum Gasteiger partial charge on any atom is 0.270 e. The summed E-state index contributed by atoms with van der Waals surface area (Å²) < 4.78 is 0. The fraction of sp³-hybridized carbons (Fsp3) is 0.158. The van der Waals surface area contributed by atoms with Gasteiger partial charge >= 0.3 is 0 Å². The molecule has 0 bridgehead atoms. The van der Waals surface area contributed by atoms with Gasteiger partial charge in [0, 0.05) is 41.1 Å². The van der Waals surface area contributed by atoms with Crippen molar-refractivity contribution in [2.75, 3.05) is 0 Å². The van der Waals surface area contributed by atoms with Crippen LogP contribution in [-0.4, -0.2) is 21.5 Å². The van der Waals surface area contributed by atoms with Crippen molar-refractivity contribution in [3.8, 4) is 0 Å². The number of carbonyl (C=O) groups excluding carboxylic acids is 1. The molecule has 28 heavy (non-hydrogen) atoms. The molecule has 0 aromatic heterocycles. The molecule has 2 aromatic rings. The Bertz CT molecular complexity index is 1060. The van der Waals surface area contributed by atoms with Crippen molar-refractivity contribution < 1.29 is 14.6 Å². The first-order chi connectivity index (χ1) is 13.3. The summed E-state index contributed by atoms with van der Waals surface area (Å²) >= 11 is 0. The van der Waals surface area contributed by atoms with E-state index < -0.39 is 15.9 Å². The summed E-state index contributed by atoms with van der Waals surface area (Å²) in [5, 5.41) is 25.2. The van der Waals surface area contributed by atoms with Crippen LogP contribution in [0.5, 0.6) is 0 Å². The molecule has 0 radical (unpaired) electrons. The van der Waals surface area contributed by atoms with Crippen molar-refractivity contribution in [3.05, 3.63) is 91.2 Å². The number of non-ortho nitro benzene ring substituents is 2. The first-order valence-corrected chi connectivity index (χ1v) is 8.33. The summed E-state index contributed by atoms with van der Waals surface area (Å²) in [6, 6.07) is 11.1. The van der Waals surface area contributed by atoms with Gasteiger partial charge in [0.1, 0.15) is 11.9 Å². The highest BCUT2D eigenvalue weighted by atomic mass is 16.6. The van der Waals surface area contributed by atoms with Gasteiger partial charge in [-0.1, -0.05) is 24.3 Å². The number of aliphatic imine (C=N–C) groups is 1. The zero-order valence-electron chi connectivity index (χ0n) is 15.1. The second-order valence-corrected chi connectivity index (χ2v) is 6.26. The quantitative estimate of drug-likeness (QED) is 0.625. The number of amidine groups is 1. The number of ketones is 1. The minimum absolute atomic E-state index is 0.0899. The van der Waals surface area contributed by atoms with Gasteiger partial charge in [-0.05, 0) is 19.4 Å². The number of nitro groups is 2. The van der Waals surface area contributed by atoms with E-state index in [4.69, 9.17) is 0 Å². The minimum Gasteiger partial charge on any atom is -0.343 e. The van der Waals surface area contributed by atoms with Gasteiger partial charge in [-0.3, -0.25) is 30.0 Å². The summed E-state index contributed by atoms with van der Waals surface area (Å²) in [6.07, 6.45) is 0. The highest BCUT2D eigenvalue weighted by molar-refractivity contribution is 6.05. The summed E-state index contributed by atoms with van der Waals surface area (Å²) in [5.74, 6) is 0.131. The Kier molecular flexibility index (Phi) is 4.99. The zero-order valence-corrected chi connectivity index (χ0v) is 15.1. The maximum absolute atomic E-state index is 12.2. The molecule has 1 heterocycles. The Balaban J connectivity index is 2.13. The lowest BCUT2D eigenvalue weighted by molar-refractivity contribution is -0.385. The highest BCUT2D eigenvalue weighted by Crippen LogP contribution is 2.33. The van der Waals surface area contributed by atoms with Gasteiger partial charge in [-0.25, -0.2) is 0 Å². The van der Waals surface area contributed by atoms with E-state index in [-0.39, 0.29) is 17.2 Å². The number of benzene rings is 2. The van der Waals surface area contributed by atoms with Crippen LogP contribution in [-0.2, 0) is 4.79 Å². The standard InChI is InChI=1S/C19H16N4O5/c1-11-17(12(2)24)18(13-5-3-7-15(9-13)22(25)26)21-19(20-11)14-6-4-8-16(10-14)23(27)28/h3-10,18H,1-2H3,(H,20,21). The molecule has 0 saturated carbocycles. The molecule has 0 amide bonds. The number of hydrogen-bond donors (Lipinski definition) is 1. The smallest absolute Gasteiger partial charge is 0.270 e. The third-order valence-electron chi connectivity index (χ3n) is 4.35. The topological polar surface area (TPSA) is 128 Å². The Morgan fingerprint density at radius 1 is 1.04 bits per heavy atom. The van der Waals surface area contributed by atoms with E-state index in [2.05, 4.69) is 10.3 Å². The van der Waals surface area contributed by atoms with Crippen molar-refractivity contribution in [2.24, 2.45) is 4.99 Å². The first-order valence-electron chi connectivity index (χ1n) is 8.33. The predicted molar refractivity (Wildman–Crippen MR) is 102 cm³/mol. The molecule has 0 aliphatic carbocycles. The minimum atomic E-state index is -0.757. The molecule has 1 aliphatic heterocycles. The van der Waals surface area contributed by atoms with Crippen LogP contribution >= 0.6 is 0 Å². The highest BCUT2D eigenvalue weighted by Gasteiger charge is 2.28. The van der Waals surface area contributed by atoms with E-state index in [1.54, 1.807) is 25.1 Å². The predicted octanol–water partition coefficient (Wildman–Crippen LogP) is 3.46. The molecule has 0 spiro atoms. The van der Waals surface area contributed by atoms with E-state index in [0.717, 1.165) is 0 Å². The Morgan fingerprint density at radius 3 is 2.25 bits per heavy atom. The number of Topliss-reactive ketones (excluding diaryl/α,β-unsaturated/α-hetero) is 1. The van der Waals surface area contributed by atoms with Crippen molar-refractivity contribution in [1.29, 1.82) is 0 Å². The van der Waals surface area contributed by atoms with E-state index in [9.17, 15) is 25.0 Å². The number of nitrogens with one attached hydrogen (secondary N) is 1. The fourth-order valence-corrected chi connectivity index (χ4v) is 3.10. The van der Waals surface area contributed by atoms with E-state index in [0.29, 0.717) is 28.2 Å². The molecule has 9 nitrogen and oxygen atoms in total. The van der Waals surface area contributed by atoms with Gasteiger partial charge in [0.15, 0.2) is 5.78 Å². The summed E-state index contributed by atoms with van der Waals surface area (Å²) in [5.41, 5.74) is 1.70. The molecule has 2 aromatic carbocycles. The largest absolute Gasteiger partial charge is 0.343 e. The molecule has 142 valence electrons. The molecular formula is C19H16N4O5. The van der Waals surface area contributed by atoms with E-state index in [1.165, 1.54) is 37.3 Å². The molecule has 1 N–H and O–H groups in total. The van der Waals surface area contributed by atoms with Gasteiger partial charge in [0.2, 0.25) is 0 Å². The number of nitrogens with zero attached hydrogens (tertiary/aromatic N) is 3. The van der Waals surface area contributed by atoms with Gasteiger partial charge in [-0.15, -0.1) is 0 Å². The maximum atomic E-state index is 12.2. The zero-order chi connectivity index (χ0) is 20.4. The molecule has 0 fully saturated rings. The van der Waals surface area contributed by atoms with Crippen LogP contribution in [0.3, 0.4) is 0 Å². The number of hydrogen-bond acceptors (Lipinski definition) is 7. The van der Waals surface area contributed by atoms with Crippen molar-refractivity contribution in [3.63, 3.8) is 0 Å². The average Bonchev–Trinajstić information content (AvgIpc) is 2.67. The van der Waals surface area contributed by atoms with Crippen molar-refractivity contribution in [2.45, 2.75) is 19.9 Å². The van der Waals surface area contributed by atoms with Crippen LogP contribution in [0.25, 0.3) is 0 Å². The van der Waals surface area contributed by atoms with Crippen LogP contribution < -0.4 is 5.32 Å². The van der Waals surface area contributed by atoms with Crippen LogP contribution in [0.4, 0.5) is 11.4 Å².